The zero-order valence-corrected chi connectivity index (χ0v) is 13.7. The molecule has 5 nitrogen and oxygen atoms in total. The summed E-state index contributed by atoms with van der Waals surface area (Å²) >= 11 is 0. The van der Waals surface area contributed by atoms with Crippen LogP contribution in [-0.4, -0.2) is 47.8 Å². The number of carbonyl (C=O) groups excluding carboxylic acids is 1. The van der Waals surface area contributed by atoms with Crippen LogP contribution >= 0.6 is 0 Å². The molecule has 0 aliphatic carbocycles. The molecular weight excluding hydrogens is 325 g/mol. The number of likely N-dealkylation sites (tertiary alicyclic amines) is 1. The lowest BCUT2D eigenvalue weighted by molar-refractivity contribution is -0.133. The smallest absolute Gasteiger partial charge is 0.260 e. The lowest BCUT2D eigenvalue weighted by Crippen LogP contribution is -2.41. The van der Waals surface area contributed by atoms with Gasteiger partial charge in [0.15, 0.2) is 18.2 Å². The molecule has 1 amide bonds. The topological polar surface area (TPSA) is 59.0 Å². The minimum Gasteiger partial charge on any atom is -0.491 e. The van der Waals surface area contributed by atoms with Gasteiger partial charge < -0.3 is 19.5 Å². The molecule has 0 bridgehead atoms. The Kier molecular flexibility index (Phi) is 5.19. The van der Waals surface area contributed by atoms with E-state index >= 15 is 0 Å². The fraction of sp³-hybridized carbons (Fsp3) is 0.316. The highest BCUT2D eigenvalue weighted by atomic mass is 19.1. The van der Waals surface area contributed by atoms with E-state index in [4.69, 9.17) is 9.47 Å². The van der Waals surface area contributed by atoms with Crippen LogP contribution in [0.2, 0.25) is 0 Å². The van der Waals surface area contributed by atoms with Crippen molar-refractivity contribution in [1.82, 2.24) is 4.90 Å². The zero-order chi connectivity index (χ0) is 17.7. The summed E-state index contributed by atoms with van der Waals surface area (Å²) in [6, 6.07) is 15.1. The molecule has 1 atom stereocenters. The molecule has 132 valence electrons. The highest BCUT2D eigenvalue weighted by Gasteiger charge is 2.39. The molecule has 25 heavy (non-hydrogen) atoms. The summed E-state index contributed by atoms with van der Waals surface area (Å²) in [5.74, 6) is -0.0929. The Morgan fingerprint density at radius 2 is 1.84 bits per heavy atom. The second-order valence-electron chi connectivity index (χ2n) is 6.11. The van der Waals surface area contributed by atoms with Crippen LogP contribution in [0, 0.1) is 5.82 Å². The Bertz CT molecular complexity index is 724. The van der Waals surface area contributed by atoms with Gasteiger partial charge in [-0.15, -0.1) is 0 Å². The maximum atomic E-state index is 13.5. The first-order valence-corrected chi connectivity index (χ1v) is 8.11. The summed E-state index contributed by atoms with van der Waals surface area (Å²) in [4.78, 5) is 13.7. The number of nitrogens with zero attached hydrogens (tertiary/aromatic N) is 1. The minimum absolute atomic E-state index is 0.0396. The lowest BCUT2D eigenvalue weighted by Gasteiger charge is -2.23. The Balaban J connectivity index is 1.49. The van der Waals surface area contributed by atoms with Crippen molar-refractivity contribution in [2.45, 2.75) is 12.0 Å². The van der Waals surface area contributed by atoms with E-state index in [9.17, 15) is 14.3 Å². The van der Waals surface area contributed by atoms with Gasteiger partial charge in [0, 0.05) is 6.54 Å². The number of aliphatic hydroxyl groups is 1. The lowest BCUT2D eigenvalue weighted by atomic mass is 10.1. The van der Waals surface area contributed by atoms with Gasteiger partial charge in [0.1, 0.15) is 18.0 Å². The second-order valence-corrected chi connectivity index (χ2v) is 6.11. The largest absolute Gasteiger partial charge is 0.491 e. The van der Waals surface area contributed by atoms with Crippen molar-refractivity contribution in [2.75, 3.05) is 26.3 Å². The number of amides is 1. The fourth-order valence-corrected chi connectivity index (χ4v) is 2.71. The molecule has 0 aromatic heterocycles. The molecule has 0 radical (unpaired) electrons. The molecule has 3 rings (SSSR count). The van der Waals surface area contributed by atoms with Crippen LogP contribution < -0.4 is 9.47 Å². The van der Waals surface area contributed by atoms with Gasteiger partial charge in [-0.2, -0.15) is 0 Å². The van der Waals surface area contributed by atoms with Crippen LogP contribution in [0.15, 0.2) is 54.6 Å². The van der Waals surface area contributed by atoms with Crippen LogP contribution in [0.1, 0.15) is 6.42 Å². The van der Waals surface area contributed by atoms with Crippen molar-refractivity contribution in [3.63, 3.8) is 0 Å². The van der Waals surface area contributed by atoms with Gasteiger partial charge in [-0.3, -0.25) is 4.79 Å². The first kappa shape index (κ1) is 17.2. The van der Waals surface area contributed by atoms with Gasteiger partial charge >= 0.3 is 0 Å². The van der Waals surface area contributed by atoms with Crippen molar-refractivity contribution in [3.8, 4) is 11.5 Å². The third-order valence-corrected chi connectivity index (χ3v) is 4.12. The molecule has 0 spiro atoms. The Labute approximate surface area is 145 Å². The fourth-order valence-electron chi connectivity index (χ4n) is 2.71. The van der Waals surface area contributed by atoms with Gasteiger partial charge in [-0.05, 0) is 30.7 Å². The van der Waals surface area contributed by atoms with Crippen LogP contribution in [0.25, 0.3) is 0 Å². The maximum Gasteiger partial charge on any atom is 0.260 e. The van der Waals surface area contributed by atoms with Gasteiger partial charge in [-0.25, -0.2) is 4.39 Å². The monoisotopic (exact) mass is 345 g/mol. The number of halogens is 1. The molecule has 2 aromatic rings. The average molecular weight is 345 g/mol. The Morgan fingerprint density at radius 1 is 1.12 bits per heavy atom. The summed E-state index contributed by atoms with van der Waals surface area (Å²) in [6.45, 7) is 0.416. The Morgan fingerprint density at radius 3 is 2.60 bits per heavy atom. The van der Waals surface area contributed by atoms with Gasteiger partial charge in [0.2, 0.25) is 0 Å². The molecule has 1 fully saturated rings. The Hall–Kier alpha value is -2.60. The van der Waals surface area contributed by atoms with Gasteiger partial charge in [0.05, 0.1) is 6.54 Å². The number of β-amino-alcohol motifs (C(OH)–C–C–N with tert-alkyl or cyclic N) is 1. The van der Waals surface area contributed by atoms with Gasteiger partial charge in [0.25, 0.3) is 5.91 Å². The predicted molar refractivity (Wildman–Crippen MR) is 90.0 cm³/mol. The first-order valence-electron chi connectivity index (χ1n) is 8.11. The standard InChI is InChI=1S/C19H20FNO4/c20-16-8-4-5-9-17(16)24-12-18(22)21-11-10-19(23,13-21)14-25-15-6-2-1-3-7-15/h1-9,23H,10-14H2. The van der Waals surface area contributed by atoms with E-state index in [1.165, 1.54) is 17.0 Å². The molecule has 1 heterocycles. The summed E-state index contributed by atoms with van der Waals surface area (Å²) in [5, 5.41) is 10.6. The van der Waals surface area contributed by atoms with E-state index in [1.807, 2.05) is 30.3 Å². The molecule has 1 unspecified atom stereocenters. The third-order valence-electron chi connectivity index (χ3n) is 4.12. The molecule has 1 N–H and O–H groups in total. The third kappa shape index (κ3) is 4.48. The first-order chi connectivity index (χ1) is 12.1. The summed E-state index contributed by atoms with van der Waals surface area (Å²) < 4.78 is 24.3. The number of hydrogen-bond donors (Lipinski definition) is 1. The highest BCUT2D eigenvalue weighted by molar-refractivity contribution is 5.78. The van der Waals surface area contributed by atoms with Crippen molar-refractivity contribution in [2.24, 2.45) is 0 Å². The number of hydrogen-bond acceptors (Lipinski definition) is 4. The quantitative estimate of drug-likeness (QED) is 0.872. The normalized spacial score (nSPS) is 19.7. The average Bonchev–Trinajstić information content (AvgIpc) is 3.03. The molecule has 1 aliphatic rings. The van der Waals surface area contributed by atoms with E-state index in [1.54, 1.807) is 12.1 Å². The van der Waals surface area contributed by atoms with Crippen molar-refractivity contribution in [1.29, 1.82) is 0 Å². The zero-order valence-electron chi connectivity index (χ0n) is 13.7. The van der Waals surface area contributed by atoms with E-state index < -0.39 is 11.4 Å². The van der Waals surface area contributed by atoms with Gasteiger partial charge in [-0.1, -0.05) is 30.3 Å². The number of benzene rings is 2. The van der Waals surface area contributed by atoms with E-state index in [0.29, 0.717) is 18.7 Å². The van der Waals surface area contributed by atoms with E-state index in [-0.39, 0.29) is 31.4 Å². The van der Waals surface area contributed by atoms with Crippen molar-refractivity contribution in [3.05, 3.63) is 60.4 Å². The summed E-state index contributed by atoms with van der Waals surface area (Å²) in [5.41, 5.74) is -1.09. The molecule has 0 saturated carbocycles. The number of rotatable bonds is 6. The molecule has 1 saturated heterocycles. The highest BCUT2D eigenvalue weighted by Crippen LogP contribution is 2.23. The number of carbonyl (C=O) groups is 1. The van der Waals surface area contributed by atoms with Crippen LogP contribution in [0.5, 0.6) is 11.5 Å². The van der Waals surface area contributed by atoms with Crippen molar-refractivity contribution >= 4 is 5.91 Å². The summed E-state index contributed by atoms with van der Waals surface area (Å²) in [6.07, 6.45) is 0.422. The SMILES string of the molecule is O=C(COc1ccccc1F)N1CCC(O)(COc2ccccc2)C1. The minimum atomic E-state index is -1.09. The summed E-state index contributed by atoms with van der Waals surface area (Å²) in [7, 11) is 0. The molecule has 1 aliphatic heterocycles. The maximum absolute atomic E-state index is 13.5. The second kappa shape index (κ2) is 7.53. The van der Waals surface area contributed by atoms with Crippen molar-refractivity contribution < 1.29 is 23.8 Å². The van der Waals surface area contributed by atoms with Crippen LogP contribution in [-0.2, 0) is 4.79 Å². The molecule has 6 heteroatoms. The number of para-hydroxylation sites is 2. The predicted octanol–water partition coefficient (Wildman–Crippen LogP) is 2.25. The van der Waals surface area contributed by atoms with Crippen LogP contribution in [0.3, 0.4) is 0 Å². The van der Waals surface area contributed by atoms with E-state index in [2.05, 4.69) is 0 Å². The molecule has 2 aromatic carbocycles. The number of ether oxygens (including phenoxy) is 2. The molecular formula is C19H20FNO4. The van der Waals surface area contributed by atoms with Crippen LogP contribution in [0.4, 0.5) is 4.39 Å². The van der Waals surface area contributed by atoms with E-state index in [0.717, 1.165) is 0 Å².